The van der Waals surface area contributed by atoms with Gasteiger partial charge in [0.1, 0.15) is 5.75 Å². The molecule has 0 aliphatic rings. The number of carbonyl (C=O) groups excluding carboxylic acids is 1. The van der Waals surface area contributed by atoms with Gasteiger partial charge >= 0.3 is 11.8 Å². The molecule has 2 N–H and O–H groups in total. The van der Waals surface area contributed by atoms with Crippen LogP contribution in [0.2, 0.25) is 0 Å². The van der Waals surface area contributed by atoms with Crippen LogP contribution in [-0.4, -0.2) is 15.2 Å². The smallest absolute Gasteiger partial charge is 0.410 e. The van der Waals surface area contributed by atoms with Crippen LogP contribution in [-0.2, 0) is 7.05 Å². The standard InChI is InChI=1S/C15H13N3O3/c1-17-12-8-7-10(16)9-13(12)18(14(17)19)15(20)21-11-5-3-2-4-6-11/h2-9H,16H2,1H3. The van der Waals surface area contributed by atoms with Gasteiger partial charge in [0.2, 0.25) is 0 Å². The molecule has 1 aromatic heterocycles. The van der Waals surface area contributed by atoms with E-state index in [1.165, 1.54) is 4.57 Å². The van der Waals surface area contributed by atoms with E-state index in [0.29, 0.717) is 22.5 Å². The molecule has 3 aromatic rings. The Labute approximate surface area is 120 Å². The van der Waals surface area contributed by atoms with E-state index in [9.17, 15) is 9.59 Å². The van der Waals surface area contributed by atoms with E-state index in [0.717, 1.165) is 4.57 Å². The fourth-order valence-corrected chi connectivity index (χ4v) is 2.17. The van der Waals surface area contributed by atoms with Crippen LogP contribution in [0.15, 0.2) is 53.3 Å². The first-order valence-corrected chi connectivity index (χ1v) is 6.32. The summed E-state index contributed by atoms with van der Waals surface area (Å²) in [6, 6.07) is 13.5. The third-order valence-corrected chi connectivity index (χ3v) is 3.21. The molecule has 3 rings (SSSR count). The molecule has 0 radical (unpaired) electrons. The number of rotatable bonds is 1. The van der Waals surface area contributed by atoms with Gasteiger partial charge in [-0.15, -0.1) is 0 Å². The summed E-state index contributed by atoms with van der Waals surface area (Å²) >= 11 is 0. The number of hydrogen-bond donors (Lipinski definition) is 1. The predicted molar refractivity (Wildman–Crippen MR) is 79.5 cm³/mol. The molecule has 106 valence electrons. The zero-order chi connectivity index (χ0) is 15.0. The highest BCUT2D eigenvalue weighted by atomic mass is 16.6. The molecule has 2 aromatic carbocycles. The summed E-state index contributed by atoms with van der Waals surface area (Å²) in [5.41, 5.74) is 6.75. The molecule has 21 heavy (non-hydrogen) atoms. The summed E-state index contributed by atoms with van der Waals surface area (Å²) in [5.74, 6) is 0.371. The summed E-state index contributed by atoms with van der Waals surface area (Å²) in [6.07, 6.45) is -0.762. The molecule has 0 aliphatic carbocycles. The first-order valence-electron chi connectivity index (χ1n) is 6.32. The Bertz CT molecular complexity index is 878. The van der Waals surface area contributed by atoms with Crippen molar-refractivity contribution >= 4 is 22.8 Å². The molecule has 0 amide bonds. The molecule has 0 atom stereocenters. The molecule has 0 unspecified atom stereocenters. The van der Waals surface area contributed by atoms with Gasteiger partial charge in [-0.2, -0.15) is 4.57 Å². The van der Waals surface area contributed by atoms with E-state index < -0.39 is 11.8 Å². The summed E-state index contributed by atoms with van der Waals surface area (Å²) in [4.78, 5) is 24.5. The molecular weight excluding hydrogens is 270 g/mol. The lowest BCUT2D eigenvalue weighted by atomic mass is 10.3. The number of benzene rings is 2. The number of aryl methyl sites for hydroxylation is 1. The van der Waals surface area contributed by atoms with Crippen LogP contribution in [0.1, 0.15) is 0 Å². The van der Waals surface area contributed by atoms with Crippen molar-refractivity contribution in [2.75, 3.05) is 5.73 Å². The Hall–Kier alpha value is -3.02. The molecule has 0 spiro atoms. The maximum absolute atomic E-state index is 12.3. The van der Waals surface area contributed by atoms with Gasteiger partial charge in [0.25, 0.3) is 0 Å². The Morgan fingerprint density at radius 3 is 2.52 bits per heavy atom. The van der Waals surface area contributed by atoms with Gasteiger partial charge in [-0.25, -0.2) is 9.59 Å². The number of fused-ring (bicyclic) bond motifs is 1. The summed E-state index contributed by atoms with van der Waals surface area (Å²) in [5, 5.41) is 0. The Balaban J connectivity index is 2.12. The monoisotopic (exact) mass is 283 g/mol. The van der Waals surface area contributed by atoms with Gasteiger partial charge in [-0.3, -0.25) is 4.57 Å². The largest absolute Gasteiger partial charge is 0.428 e. The predicted octanol–water partition coefficient (Wildman–Crippen LogP) is 1.97. The second-order valence-corrected chi connectivity index (χ2v) is 4.61. The molecule has 0 saturated heterocycles. The number of anilines is 1. The van der Waals surface area contributed by atoms with Crippen molar-refractivity contribution in [1.29, 1.82) is 0 Å². The number of carbonyl (C=O) groups is 1. The molecule has 0 bridgehead atoms. The molecule has 0 fully saturated rings. The molecule has 1 heterocycles. The third kappa shape index (κ3) is 2.16. The molecule has 6 heteroatoms. The number of nitrogens with two attached hydrogens (primary N) is 1. The number of imidazole rings is 1. The van der Waals surface area contributed by atoms with Crippen molar-refractivity contribution in [2.24, 2.45) is 7.05 Å². The van der Waals surface area contributed by atoms with E-state index in [1.807, 2.05) is 6.07 Å². The van der Waals surface area contributed by atoms with E-state index in [2.05, 4.69) is 0 Å². The Morgan fingerprint density at radius 1 is 1.10 bits per heavy atom. The van der Waals surface area contributed by atoms with E-state index >= 15 is 0 Å². The number of nitrogens with zero attached hydrogens (tertiary/aromatic N) is 2. The number of ether oxygens (including phenoxy) is 1. The molecular formula is C15H13N3O3. The second kappa shape index (κ2) is 4.82. The van der Waals surface area contributed by atoms with Crippen LogP contribution in [0.4, 0.5) is 10.5 Å². The van der Waals surface area contributed by atoms with Crippen molar-refractivity contribution < 1.29 is 9.53 Å². The van der Waals surface area contributed by atoms with E-state index in [-0.39, 0.29) is 0 Å². The van der Waals surface area contributed by atoms with Crippen LogP contribution in [0, 0.1) is 0 Å². The molecule has 0 saturated carbocycles. The average molecular weight is 283 g/mol. The van der Waals surface area contributed by atoms with Crippen LogP contribution >= 0.6 is 0 Å². The van der Waals surface area contributed by atoms with Gasteiger partial charge in [-0.05, 0) is 30.3 Å². The minimum absolute atomic E-state index is 0.371. The third-order valence-electron chi connectivity index (χ3n) is 3.21. The first kappa shape index (κ1) is 13.0. The Morgan fingerprint density at radius 2 is 1.81 bits per heavy atom. The highest BCUT2D eigenvalue weighted by molar-refractivity contribution is 5.89. The topological polar surface area (TPSA) is 79.2 Å². The van der Waals surface area contributed by atoms with Crippen LogP contribution < -0.4 is 16.2 Å². The van der Waals surface area contributed by atoms with E-state index in [1.54, 1.807) is 49.5 Å². The van der Waals surface area contributed by atoms with Gasteiger partial charge in [0.15, 0.2) is 0 Å². The first-order chi connectivity index (χ1) is 10.1. The fourth-order valence-electron chi connectivity index (χ4n) is 2.17. The Kier molecular flexibility index (Phi) is 2.98. The van der Waals surface area contributed by atoms with Crippen molar-refractivity contribution in [3.63, 3.8) is 0 Å². The zero-order valence-electron chi connectivity index (χ0n) is 11.3. The summed E-state index contributed by atoms with van der Waals surface area (Å²) < 4.78 is 7.56. The van der Waals surface area contributed by atoms with Crippen molar-refractivity contribution in [1.82, 2.24) is 9.13 Å². The van der Waals surface area contributed by atoms with E-state index in [4.69, 9.17) is 10.5 Å². The lowest BCUT2D eigenvalue weighted by Crippen LogP contribution is -2.30. The van der Waals surface area contributed by atoms with Crippen LogP contribution in [0.25, 0.3) is 11.0 Å². The SMILES string of the molecule is Cn1c(=O)n(C(=O)Oc2ccccc2)c2cc(N)ccc21. The van der Waals surface area contributed by atoms with Gasteiger partial charge < -0.3 is 10.5 Å². The number of aromatic nitrogens is 2. The lowest BCUT2D eigenvalue weighted by Gasteiger charge is -2.04. The zero-order valence-corrected chi connectivity index (χ0v) is 11.3. The van der Waals surface area contributed by atoms with Gasteiger partial charge in [-0.1, -0.05) is 18.2 Å². The average Bonchev–Trinajstić information content (AvgIpc) is 2.71. The minimum Gasteiger partial charge on any atom is -0.410 e. The highest BCUT2D eigenvalue weighted by Gasteiger charge is 2.18. The number of para-hydroxylation sites is 1. The quantitative estimate of drug-likeness (QED) is 0.692. The van der Waals surface area contributed by atoms with Crippen molar-refractivity contribution in [3.05, 3.63) is 59.0 Å². The molecule has 0 aliphatic heterocycles. The molecule has 6 nitrogen and oxygen atoms in total. The van der Waals surface area contributed by atoms with Crippen LogP contribution in [0.3, 0.4) is 0 Å². The lowest BCUT2D eigenvalue weighted by molar-refractivity contribution is 0.202. The fraction of sp³-hybridized carbons (Fsp3) is 0.0667. The minimum atomic E-state index is -0.762. The van der Waals surface area contributed by atoms with Gasteiger partial charge in [0, 0.05) is 12.7 Å². The maximum Gasteiger partial charge on any atom is 0.428 e. The highest BCUT2D eigenvalue weighted by Crippen LogP contribution is 2.17. The van der Waals surface area contributed by atoms with Crippen molar-refractivity contribution in [3.8, 4) is 5.75 Å². The van der Waals surface area contributed by atoms with Gasteiger partial charge in [0.05, 0.1) is 11.0 Å². The number of nitrogen functional groups attached to an aromatic ring is 1. The van der Waals surface area contributed by atoms with Crippen LogP contribution in [0.5, 0.6) is 5.75 Å². The summed E-state index contributed by atoms with van der Waals surface area (Å²) in [6.45, 7) is 0. The van der Waals surface area contributed by atoms with Crippen molar-refractivity contribution in [2.45, 2.75) is 0 Å². The maximum atomic E-state index is 12.3. The number of hydrogen-bond acceptors (Lipinski definition) is 4. The summed E-state index contributed by atoms with van der Waals surface area (Å²) in [7, 11) is 1.59. The second-order valence-electron chi connectivity index (χ2n) is 4.61. The normalized spacial score (nSPS) is 10.7.